The summed E-state index contributed by atoms with van der Waals surface area (Å²) in [6.45, 7) is 3.65. The van der Waals surface area contributed by atoms with Crippen LogP contribution in [0.15, 0.2) is 58.7 Å². The van der Waals surface area contributed by atoms with Gasteiger partial charge in [0.05, 0.1) is 12.8 Å². The molecule has 0 aliphatic rings. The summed E-state index contributed by atoms with van der Waals surface area (Å²) in [6.07, 6.45) is 3.30. The number of hydrogen-bond donors (Lipinski definition) is 2. The van der Waals surface area contributed by atoms with E-state index in [1.165, 1.54) is 43.3 Å². The van der Waals surface area contributed by atoms with Gasteiger partial charge in [-0.15, -0.1) is 0 Å². The van der Waals surface area contributed by atoms with Gasteiger partial charge in [-0.05, 0) is 55.5 Å². The molecule has 3 rings (SSSR count). The fourth-order valence-electron chi connectivity index (χ4n) is 2.89. The molecule has 0 radical (unpaired) electrons. The standard InChI is InChI=1S/C21H22N4O4S2/c1-13-6-5-7-14(2)19(13)25-31(27,28)18-12-15(8-9-17(18)29-3)23-20(26)16-10-11-22-21(24-16)30-4/h5-12,25H,1-4H3,(H,23,26). The van der Waals surface area contributed by atoms with Gasteiger partial charge in [-0.1, -0.05) is 30.0 Å². The maximum absolute atomic E-state index is 13.2. The molecule has 0 saturated carbocycles. The second kappa shape index (κ2) is 9.36. The first kappa shape index (κ1) is 22.6. The number of carbonyl (C=O) groups is 1. The van der Waals surface area contributed by atoms with Crippen LogP contribution in [0, 0.1) is 13.8 Å². The lowest BCUT2D eigenvalue weighted by atomic mass is 10.1. The molecule has 0 aliphatic carbocycles. The highest BCUT2D eigenvalue weighted by Gasteiger charge is 2.22. The number of amides is 1. The summed E-state index contributed by atoms with van der Waals surface area (Å²) in [7, 11) is -2.60. The lowest BCUT2D eigenvalue weighted by Crippen LogP contribution is -2.17. The zero-order chi connectivity index (χ0) is 22.6. The maximum atomic E-state index is 13.2. The van der Waals surface area contributed by atoms with E-state index in [2.05, 4.69) is 20.0 Å². The smallest absolute Gasteiger partial charge is 0.274 e. The van der Waals surface area contributed by atoms with Crippen LogP contribution >= 0.6 is 11.8 Å². The summed E-state index contributed by atoms with van der Waals surface area (Å²) in [4.78, 5) is 20.7. The van der Waals surface area contributed by atoms with Crippen molar-refractivity contribution in [2.24, 2.45) is 0 Å². The zero-order valence-corrected chi connectivity index (χ0v) is 19.1. The third kappa shape index (κ3) is 5.15. The van der Waals surface area contributed by atoms with Gasteiger partial charge in [0.25, 0.3) is 15.9 Å². The van der Waals surface area contributed by atoms with Crippen LogP contribution < -0.4 is 14.8 Å². The van der Waals surface area contributed by atoms with Gasteiger partial charge in [0.15, 0.2) is 5.16 Å². The Bertz CT molecular complexity index is 1210. The van der Waals surface area contributed by atoms with E-state index in [1.807, 2.05) is 32.0 Å². The third-order valence-corrected chi connectivity index (χ3v) is 6.41. The van der Waals surface area contributed by atoms with Gasteiger partial charge in [-0.25, -0.2) is 18.4 Å². The number of thioether (sulfide) groups is 1. The summed E-state index contributed by atoms with van der Waals surface area (Å²) in [5.74, 6) is -0.322. The van der Waals surface area contributed by atoms with Crippen molar-refractivity contribution in [3.8, 4) is 5.75 Å². The number of carbonyl (C=O) groups excluding carboxylic acids is 1. The molecule has 2 N–H and O–H groups in total. The second-order valence-electron chi connectivity index (χ2n) is 6.62. The normalized spacial score (nSPS) is 11.1. The molecule has 31 heavy (non-hydrogen) atoms. The van der Waals surface area contributed by atoms with Crippen LogP contribution in [0.2, 0.25) is 0 Å². The minimum absolute atomic E-state index is 0.0945. The number of benzene rings is 2. The van der Waals surface area contributed by atoms with Crippen molar-refractivity contribution in [2.75, 3.05) is 23.4 Å². The molecule has 2 aromatic carbocycles. The van der Waals surface area contributed by atoms with E-state index in [4.69, 9.17) is 4.74 Å². The topological polar surface area (TPSA) is 110 Å². The predicted octanol–water partition coefficient (Wildman–Crippen LogP) is 3.88. The largest absolute Gasteiger partial charge is 0.495 e. The SMILES string of the molecule is COc1ccc(NC(=O)c2ccnc(SC)n2)cc1S(=O)(=O)Nc1c(C)cccc1C. The van der Waals surface area contributed by atoms with Crippen LogP contribution in [0.4, 0.5) is 11.4 Å². The predicted molar refractivity (Wildman–Crippen MR) is 121 cm³/mol. The number of aryl methyl sites for hydroxylation is 2. The summed E-state index contributed by atoms with van der Waals surface area (Å²) < 4.78 is 34.2. The molecule has 8 nitrogen and oxygen atoms in total. The van der Waals surface area contributed by atoms with Crippen LogP contribution in [-0.2, 0) is 10.0 Å². The van der Waals surface area contributed by atoms with Gasteiger partial charge in [-0.2, -0.15) is 0 Å². The monoisotopic (exact) mass is 458 g/mol. The molecular weight excluding hydrogens is 436 g/mol. The lowest BCUT2D eigenvalue weighted by molar-refractivity contribution is 0.102. The molecule has 0 atom stereocenters. The first-order chi connectivity index (χ1) is 14.7. The molecule has 3 aromatic rings. The van der Waals surface area contributed by atoms with Gasteiger partial charge < -0.3 is 10.1 Å². The van der Waals surface area contributed by atoms with Gasteiger partial charge >= 0.3 is 0 Å². The molecule has 0 aliphatic heterocycles. The van der Waals surface area contributed by atoms with Crippen molar-refractivity contribution in [1.29, 1.82) is 0 Å². The maximum Gasteiger partial charge on any atom is 0.274 e. The number of nitrogens with zero attached hydrogens (tertiary/aromatic N) is 2. The second-order valence-corrected chi connectivity index (χ2v) is 9.04. The molecule has 0 fully saturated rings. The van der Waals surface area contributed by atoms with Crippen molar-refractivity contribution >= 4 is 39.1 Å². The van der Waals surface area contributed by atoms with E-state index in [9.17, 15) is 13.2 Å². The number of nitrogens with one attached hydrogen (secondary N) is 2. The average Bonchev–Trinajstić information content (AvgIpc) is 2.76. The first-order valence-electron chi connectivity index (χ1n) is 9.20. The van der Waals surface area contributed by atoms with Gasteiger partial charge in [0.1, 0.15) is 16.3 Å². The average molecular weight is 459 g/mol. The number of para-hydroxylation sites is 1. The fourth-order valence-corrected chi connectivity index (χ4v) is 4.64. The van der Waals surface area contributed by atoms with E-state index in [-0.39, 0.29) is 22.0 Å². The Hall–Kier alpha value is -3.11. The Balaban J connectivity index is 1.94. The first-order valence-corrected chi connectivity index (χ1v) is 11.9. The Labute approximate surface area is 185 Å². The van der Waals surface area contributed by atoms with E-state index in [0.29, 0.717) is 10.8 Å². The summed E-state index contributed by atoms with van der Waals surface area (Å²) in [5, 5.41) is 3.14. The fraction of sp³-hybridized carbons (Fsp3) is 0.190. The number of hydrogen-bond acceptors (Lipinski definition) is 7. The van der Waals surface area contributed by atoms with E-state index >= 15 is 0 Å². The molecule has 1 amide bonds. The Kier molecular flexibility index (Phi) is 6.81. The number of ether oxygens (including phenoxy) is 1. The third-order valence-electron chi connectivity index (χ3n) is 4.48. The van der Waals surface area contributed by atoms with Crippen LogP contribution in [0.1, 0.15) is 21.6 Å². The highest BCUT2D eigenvalue weighted by Crippen LogP contribution is 2.31. The van der Waals surface area contributed by atoms with E-state index in [1.54, 1.807) is 12.3 Å². The zero-order valence-electron chi connectivity index (χ0n) is 17.5. The molecule has 0 spiro atoms. The Morgan fingerprint density at radius 3 is 2.45 bits per heavy atom. The molecule has 1 aromatic heterocycles. The molecule has 1 heterocycles. The summed E-state index contributed by atoms with van der Waals surface area (Å²) >= 11 is 1.31. The molecule has 10 heteroatoms. The van der Waals surface area contributed by atoms with Gasteiger partial charge in [0, 0.05) is 11.9 Å². The van der Waals surface area contributed by atoms with Crippen molar-refractivity contribution in [3.63, 3.8) is 0 Å². The molecular formula is C21H22N4O4S2. The minimum atomic E-state index is -3.99. The number of anilines is 2. The van der Waals surface area contributed by atoms with Gasteiger partial charge in [0.2, 0.25) is 0 Å². The summed E-state index contributed by atoms with van der Waals surface area (Å²) in [6, 6.07) is 11.4. The quantitative estimate of drug-likeness (QED) is 0.408. The van der Waals surface area contributed by atoms with Crippen molar-refractivity contribution in [3.05, 3.63) is 65.5 Å². The highest BCUT2D eigenvalue weighted by molar-refractivity contribution is 7.98. The number of rotatable bonds is 7. The number of aromatic nitrogens is 2. The van der Waals surface area contributed by atoms with Crippen molar-refractivity contribution in [2.45, 2.75) is 23.9 Å². The lowest BCUT2D eigenvalue weighted by Gasteiger charge is -2.16. The summed E-state index contributed by atoms with van der Waals surface area (Å²) in [5.41, 5.74) is 2.55. The molecule has 0 saturated heterocycles. The van der Waals surface area contributed by atoms with Crippen LogP contribution in [0.25, 0.3) is 0 Å². The van der Waals surface area contributed by atoms with Crippen molar-refractivity contribution in [1.82, 2.24) is 9.97 Å². The highest BCUT2D eigenvalue weighted by atomic mass is 32.2. The van der Waals surface area contributed by atoms with Gasteiger partial charge in [-0.3, -0.25) is 9.52 Å². The van der Waals surface area contributed by atoms with Crippen molar-refractivity contribution < 1.29 is 17.9 Å². The number of sulfonamides is 1. The molecule has 162 valence electrons. The molecule has 0 bridgehead atoms. The minimum Gasteiger partial charge on any atom is -0.495 e. The molecule has 0 unspecified atom stereocenters. The Morgan fingerprint density at radius 2 is 1.81 bits per heavy atom. The number of methoxy groups -OCH3 is 1. The van der Waals surface area contributed by atoms with E-state index in [0.717, 1.165) is 11.1 Å². The van der Waals surface area contributed by atoms with Crippen LogP contribution in [0.5, 0.6) is 5.75 Å². The van der Waals surface area contributed by atoms with Crippen LogP contribution in [0.3, 0.4) is 0 Å². The van der Waals surface area contributed by atoms with E-state index < -0.39 is 15.9 Å². The van der Waals surface area contributed by atoms with Crippen LogP contribution in [-0.4, -0.2) is 37.7 Å². The Morgan fingerprint density at radius 1 is 1.10 bits per heavy atom.